The molecule has 5 heteroatoms. The number of hydrogen-bond acceptors (Lipinski definition) is 4. The summed E-state index contributed by atoms with van der Waals surface area (Å²) in [6, 6.07) is -0.382. The molecule has 0 unspecified atom stereocenters. The summed E-state index contributed by atoms with van der Waals surface area (Å²) in [6.45, 7) is -0.105. The van der Waals surface area contributed by atoms with Gasteiger partial charge in [0.15, 0.2) is 0 Å². The van der Waals surface area contributed by atoms with Gasteiger partial charge >= 0.3 is 0 Å². The smallest absolute Gasteiger partial charge is 0.0953 e. The molecule has 1 saturated carbocycles. The van der Waals surface area contributed by atoms with Crippen molar-refractivity contribution < 1.29 is 15.3 Å². The number of halogens is 1. The normalized spacial score (nSPS) is 43.6. The highest BCUT2D eigenvalue weighted by atomic mass is 35.5. The quantitative estimate of drug-likeness (QED) is 0.397. The average molecular weight is 184 g/mol. The topological polar surface area (TPSA) is 86.7 Å². The van der Waals surface area contributed by atoms with Gasteiger partial charge in [0.25, 0.3) is 0 Å². The molecule has 0 bridgehead atoms. The first kappa shape index (κ1) is 11.1. The Morgan fingerprint density at radius 3 is 2.00 bits per heavy atom. The summed E-state index contributed by atoms with van der Waals surface area (Å²) in [7, 11) is 0. The van der Waals surface area contributed by atoms with Gasteiger partial charge in [-0.25, -0.2) is 0 Å². The van der Waals surface area contributed by atoms with Crippen molar-refractivity contribution in [2.75, 3.05) is 6.61 Å². The second-order valence-electron chi connectivity index (χ2n) is 2.82. The number of nitrogens with two attached hydrogens (primary N) is 1. The number of aliphatic hydroxyl groups is 3. The lowest BCUT2D eigenvalue weighted by Gasteiger charge is -2.13. The Labute approximate surface area is 71.4 Å². The van der Waals surface area contributed by atoms with E-state index in [4.69, 9.17) is 21.1 Å². The molecule has 0 spiro atoms. The number of aliphatic hydroxyl groups excluding tert-OH is 3. The second-order valence-corrected chi connectivity index (χ2v) is 2.82. The maximum Gasteiger partial charge on any atom is 0.0953 e. The van der Waals surface area contributed by atoms with Crippen molar-refractivity contribution in [3.63, 3.8) is 0 Å². The third-order valence-corrected chi connectivity index (χ3v) is 2.08. The largest absolute Gasteiger partial charge is 0.396 e. The molecule has 11 heavy (non-hydrogen) atoms. The fraction of sp³-hybridized carbons (Fsp3) is 1.00. The molecule has 0 aliphatic heterocycles. The summed E-state index contributed by atoms with van der Waals surface area (Å²) in [4.78, 5) is 0. The van der Waals surface area contributed by atoms with E-state index in [-0.39, 0.29) is 31.0 Å². The van der Waals surface area contributed by atoms with E-state index in [1.807, 2.05) is 0 Å². The third-order valence-electron chi connectivity index (χ3n) is 2.08. The minimum atomic E-state index is -0.864. The summed E-state index contributed by atoms with van der Waals surface area (Å²) in [6.07, 6.45) is -1.21. The van der Waals surface area contributed by atoms with Crippen molar-refractivity contribution in [3.05, 3.63) is 0 Å². The van der Waals surface area contributed by atoms with Crippen LogP contribution in [0.5, 0.6) is 0 Å². The minimum absolute atomic E-state index is 0. The van der Waals surface area contributed by atoms with Crippen molar-refractivity contribution >= 4 is 12.4 Å². The summed E-state index contributed by atoms with van der Waals surface area (Å²) < 4.78 is 0. The van der Waals surface area contributed by atoms with Crippen molar-refractivity contribution in [3.8, 4) is 0 Å². The molecule has 0 radical (unpaired) electrons. The van der Waals surface area contributed by atoms with Crippen LogP contribution in [0, 0.1) is 5.92 Å². The third kappa shape index (κ3) is 2.04. The maximum atomic E-state index is 9.14. The summed E-state index contributed by atoms with van der Waals surface area (Å²) in [5, 5.41) is 26.9. The van der Waals surface area contributed by atoms with E-state index in [1.165, 1.54) is 0 Å². The van der Waals surface area contributed by atoms with Crippen LogP contribution < -0.4 is 5.73 Å². The molecular weight excluding hydrogens is 170 g/mol. The van der Waals surface area contributed by atoms with Gasteiger partial charge in [0.05, 0.1) is 12.2 Å². The van der Waals surface area contributed by atoms with Gasteiger partial charge in [0.1, 0.15) is 0 Å². The second kappa shape index (κ2) is 4.23. The fourth-order valence-electron chi connectivity index (χ4n) is 1.34. The predicted molar refractivity (Wildman–Crippen MR) is 42.4 cm³/mol. The van der Waals surface area contributed by atoms with Crippen molar-refractivity contribution in [2.45, 2.75) is 24.7 Å². The van der Waals surface area contributed by atoms with Crippen LogP contribution in [-0.4, -0.2) is 40.2 Å². The first-order valence-corrected chi connectivity index (χ1v) is 3.39. The van der Waals surface area contributed by atoms with Gasteiger partial charge in [-0.05, 0) is 6.42 Å². The van der Waals surface area contributed by atoms with E-state index in [1.54, 1.807) is 0 Å². The highest BCUT2D eigenvalue weighted by Gasteiger charge is 2.38. The predicted octanol–water partition coefficient (Wildman–Crippen LogP) is -1.53. The van der Waals surface area contributed by atoms with Gasteiger partial charge in [-0.1, -0.05) is 0 Å². The maximum absolute atomic E-state index is 9.14. The molecule has 5 N–H and O–H groups in total. The Bertz CT molecular complexity index is 124. The minimum Gasteiger partial charge on any atom is -0.396 e. The van der Waals surface area contributed by atoms with E-state index in [9.17, 15) is 0 Å². The zero-order valence-corrected chi connectivity index (χ0v) is 6.87. The molecule has 0 amide bonds. The standard InChI is InChI=1S/C6H13NO3.ClH/c7-4-1-3(2-8)5(9)6(4)10;/h3-6,8-10H,1-2,7H2;1H/t3-,4-,5+,6-;/m0./s1. The highest BCUT2D eigenvalue weighted by molar-refractivity contribution is 5.85. The first-order chi connectivity index (χ1) is 4.66. The fourth-order valence-corrected chi connectivity index (χ4v) is 1.34. The van der Waals surface area contributed by atoms with Crippen LogP contribution in [-0.2, 0) is 0 Å². The van der Waals surface area contributed by atoms with Crippen LogP contribution in [0.25, 0.3) is 0 Å². The van der Waals surface area contributed by atoms with Crippen LogP contribution in [0.15, 0.2) is 0 Å². The zero-order chi connectivity index (χ0) is 7.72. The Morgan fingerprint density at radius 1 is 1.27 bits per heavy atom. The highest BCUT2D eigenvalue weighted by Crippen LogP contribution is 2.24. The van der Waals surface area contributed by atoms with E-state index in [2.05, 4.69) is 0 Å². The Hall–Kier alpha value is 0.130. The molecule has 4 atom stereocenters. The summed E-state index contributed by atoms with van der Waals surface area (Å²) in [5.74, 6) is -0.245. The van der Waals surface area contributed by atoms with Crippen LogP contribution in [0.2, 0.25) is 0 Å². The molecule has 68 valence electrons. The van der Waals surface area contributed by atoms with Gasteiger partial charge in [0, 0.05) is 18.6 Å². The van der Waals surface area contributed by atoms with Crippen LogP contribution in [0.3, 0.4) is 0 Å². The Morgan fingerprint density at radius 2 is 1.82 bits per heavy atom. The van der Waals surface area contributed by atoms with Crippen molar-refractivity contribution in [2.24, 2.45) is 11.7 Å². The van der Waals surface area contributed by atoms with Gasteiger partial charge < -0.3 is 21.1 Å². The molecule has 1 aliphatic carbocycles. The molecule has 0 heterocycles. The molecule has 0 aromatic heterocycles. The molecule has 1 rings (SSSR count). The Balaban J connectivity index is 0.000001000. The molecular formula is C6H14ClNO3. The van der Waals surface area contributed by atoms with Gasteiger partial charge in [0.2, 0.25) is 0 Å². The molecule has 1 fully saturated rings. The molecule has 4 nitrogen and oxygen atoms in total. The summed E-state index contributed by atoms with van der Waals surface area (Å²) >= 11 is 0. The molecule has 0 saturated heterocycles. The van der Waals surface area contributed by atoms with Crippen LogP contribution in [0.1, 0.15) is 6.42 Å². The molecule has 1 aliphatic rings. The van der Waals surface area contributed by atoms with E-state index >= 15 is 0 Å². The van der Waals surface area contributed by atoms with E-state index < -0.39 is 12.2 Å². The van der Waals surface area contributed by atoms with Crippen molar-refractivity contribution in [1.82, 2.24) is 0 Å². The van der Waals surface area contributed by atoms with Crippen molar-refractivity contribution in [1.29, 1.82) is 0 Å². The molecule has 0 aromatic carbocycles. The Kier molecular flexibility index (Phi) is 4.28. The lowest BCUT2D eigenvalue weighted by Crippen LogP contribution is -2.35. The van der Waals surface area contributed by atoms with Crippen LogP contribution >= 0.6 is 12.4 Å². The number of rotatable bonds is 1. The average Bonchev–Trinajstić information content (AvgIpc) is 2.17. The van der Waals surface area contributed by atoms with Crippen LogP contribution in [0.4, 0.5) is 0 Å². The van der Waals surface area contributed by atoms with Gasteiger partial charge in [-0.3, -0.25) is 0 Å². The van der Waals surface area contributed by atoms with E-state index in [0.717, 1.165) is 0 Å². The first-order valence-electron chi connectivity index (χ1n) is 3.39. The van der Waals surface area contributed by atoms with Gasteiger partial charge in [-0.15, -0.1) is 12.4 Å². The van der Waals surface area contributed by atoms with E-state index in [0.29, 0.717) is 6.42 Å². The zero-order valence-electron chi connectivity index (χ0n) is 6.05. The lowest BCUT2D eigenvalue weighted by molar-refractivity contribution is 0.00300. The lowest BCUT2D eigenvalue weighted by atomic mass is 10.1. The SMILES string of the molecule is Cl.N[C@H]1C[C@@H](CO)[C@@H](O)[C@H]1O. The molecule has 0 aromatic rings. The summed E-state index contributed by atoms with van der Waals surface area (Å²) in [5.41, 5.74) is 5.41. The monoisotopic (exact) mass is 183 g/mol. The number of hydrogen-bond donors (Lipinski definition) is 4. The van der Waals surface area contributed by atoms with Gasteiger partial charge in [-0.2, -0.15) is 0 Å².